The number of rotatable bonds is 7. The molecule has 0 saturated carbocycles. The normalized spacial score (nSPS) is 14.8. The molecule has 1 aromatic heterocycles. The Morgan fingerprint density at radius 2 is 1.80 bits per heavy atom. The average molecular weight is 455 g/mol. The standard InChI is InChI=1S/C22H30N4O2.2ClH/c1-26(2)20-6-4-17(5-7-20)18-12-19(14-24-13-18)21(27)25-15-22(16-28-3)8-10-23-11-9-22;;/h4-7,12-14,23H,8-11,15-16H2,1-3H3,(H,25,27);2*1H. The van der Waals surface area contributed by atoms with Gasteiger partial charge in [0.25, 0.3) is 5.91 Å². The highest BCUT2D eigenvalue weighted by Crippen LogP contribution is 2.28. The minimum absolute atomic E-state index is 0. The second kappa shape index (κ2) is 12.1. The van der Waals surface area contributed by atoms with E-state index in [2.05, 4.69) is 44.8 Å². The van der Waals surface area contributed by atoms with Gasteiger partial charge in [0.1, 0.15) is 0 Å². The number of nitrogens with zero attached hydrogens (tertiary/aromatic N) is 2. The van der Waals surface area contributed by atoms with Crippen molar-refractivity contribution in [1.29, 1.82) is 0 Å². The van der Waals surface area contributed by atoms with E-state index in [1.807, 2.05) is 20.2 Å². The lowest BCUT2D eigenvalue weighted by atomic mass is 9.79. The van der Waals surface area contributed by atoms with Crippen LogP contribution in [0, 0.1) is 5.41 Å². The number of carbonyl (C=O) groups excluding carboxylic acids is 1. The molecule has 1 aliphatic heterocycles. The van der Waals surface area contributed by atoms with Gasteiger partial charge in [0.15, 0.2) is 0 Å². The van der Waals surface area contributed by atoms with Gasteiger partial charge >= 0.3 is 0 Å². The molecule has 1 fully saturated rings. The number of amides is 1. The number of anilines is 1. The second-order valence-electron chi connectivity index (χ2n) is 7.77. The first kappa shape index (κ1) is 26.2. The van der Waals surface area contributed by atoms with Crippen molar-refractivity contribution in [3.63, 3.8) is 0 Å². The Hall–Kier alpha value is -1.86. The summed E-state index contributed by atoms with van der Waals surface area (Å²) in [5.74, 6) is -0.0896. The highest BCUT2D eigenvalue weighted by molar-refractivity contribution is 5.95. The third-order valence-corrected chi connectivity index (χ3v) is 5.46. The summed E-state index contributed by atoms with van der Waals surface area (Å²) >= 11 is 0. The van der Waals surface area contributed by atoms with E-state index in [1.165, 1.54) is 0 Å². The monoisotopic (exact) mass is 454 g/mol. The predicted octanol–water partition coefficient (Wildman–Crippen LogP) is 3.40. The van der Waals surface area contributed by atoms with Crippen molar-refractivity contribution in [3.8, 4) is 11.1 Å². The Kier molecular flexibility index (Phi) is 10.6. The third kappa shape index (κ3) is 6.57. The molecule has 0 atom stereocenters. The maximum absolute atomic E-state index is 12.7. The fourth-order valence-corrected chi connectivity index (χ4v) is 3.68. The van der Waals surface area contributed by atoms with E-state index in [4.69, 9.17) is 4.74 Å². The zero-order valence-corrected chi connectivity index (χ0v) is 19.4. The SMILES string of the molecule is COCC1(CNC(=O)c2cncc(-c3ccc(N(C)C)cc3)c2)CCNCC1.Cl.Cl. The molecule has 0 unspecified atom stereocenters. The van der Waals surface area contributed by atoms with Crippen LogP contribution in [0.1, 0.15) is 23.2 Å². The number of piperidine rings is 1. The van der Waals surface area contributed by atoms with Crippen molar-refractivity contribution in [3.05, 3.63) is 48.3 Å². The number of carbonyl (C=O) groups is 1. The molecule has 30 heavy (non-hydrogen) atoms. The fraction of sp³-hybridized carbons (Fsp3) is 0.455. The zero-order chi connectivity index (χ0) is 20.0. The van der Waals surface area contributed by atoms with E-state index in [0.29, 0.717) is 18.7 Å². The van der Waals surface area contributed by atoms with Gasteiger partial charge in [-0.15, -0.1) is 24.8 Å². The highest BCUT2D eigenvalue weighted by atomic mass is 35.5. The third-order valence-electron chi connectivity index (χ3n) is 5.46. The van der Waals surface area contributed by atoms with Crippen molar-refractivity contribution in [1.82, 2.24) is 15.6 Å². The lowest BCUT2D eigenvalue weighted by Crippen LogP contribution is -2.47. The van der Waals surface area contributed by atoms with Crippen LogP contribution in [0.3, 0.4) is 0 Å². The van der Waals surface area contributed by atoms with Crippen LogP contribution in [0.4, 0.5) is 5.69 Å². The van der Waals surface area contributed by atoms with Gasteiger partial charge in [0.05, 0.1) is 12.2 Å². The number of halogens is 2. The molecule has 2 aromatic rings. The Labute approximate surface area is 191 Å². The summed E-state index contributed by atoms with van der Waals surface area (Å²) in [4.78, 5) is 19.1. The number of methoxy groups -OCH3 is 1. The van der Waals surface area contributed by atoms with Crippen LogP contribution >= 0.6 is 24.8 Å². The highest BCUT2D eigenvalue weighted by Gasteiger charge is 2.32. The Balaban J connectivity index is 0.00000225. The molecule has 8 heteroatoms. The van der Waals surface area contributed by atoms with Crippen molar-refractivity contribution in [2.75, 3.05) is 52.3 Å². The number of benzene rings is 1. The molecule has 1 aromatic carbocycles. The largest absolute Gasteiger partial charge is 0.384 e. The van der Waals surface area contributed by atoms with Crippen LogP contribution in [0.2, 0.25) is 0 Å². The Morgan fingerprint density at radius 3 is 2.40 bits per heavy atom. The van der Waals surface area contributed by atoms with Gasteiger partial charge in [0, 0.05) is 56.8 Å². The van der Waals surface area contributed by atoms with Crippen LogP contribution in [0.25, 0.3) is 11.1 Å². The minimum Gasteiger partial charge on any atom is -0.384 e. The number of hydrogen-bond donors (Lipinski definition) is 2. The smallest absolute Gasteiger partial charge is 0.252 e. The molecule has 166 valence electrons. The Bertz CT molecular complexity index is 788. The van der Waals surface area contributed by atoms with Crippen molar-refractivity contribution in [2.24, 2.45) is 5.41 Å². The van der Waals surface area contributed by atoms with Crippen molar-refractivity contribution < 1.29 is 9.53 Å². The number of aromatic nitrogens is 1. The quantitative estimate of drug-likeness (QED) is 0.670. The van der Waals surface area contributed by atoms with Gasteiger partial charge in [0.2, 0.25) is 0 Å². The van der Waals surface area contributed by atoms with E-state index < -0.39 is 0 Å². The van der Waals surface area contributed by atoms with Gasteiger partial charge in [-0.2, -0.15) is 0 Å². The minimum atomic E-state index is -0.0896. The van der Waals surface area contributed by atoms with Gasteiger partial charge in [-0.05, 0) is 49.7 Å². The lowest BCUT2D eigenvalue weighted by Gasteiger charge is -2.37. The van der Waals surface area contributed by atoms with Gasteiger partial charge < -0.3 is 20.3 Å². The van der Waals surface area contributed by atoms with Gasteiger partial charge in [-0.25, -0.2) is 0 Å². The van der Waals surface area contributed by atoms with E-state index in [0.717, 1.165) is 42.7 Å². The summed E-state index contributed by atoms with van der Waals surface area (Å²) in [7, 11) is 5.75. The van der Waals surface area contributed by atoms with Gasteiger partial charge in [-0.1, -0.05) is 12.1 Å². The molecule has 0 bridgehead atoms. The molecule has 1 saturated heterocycles. The van der Waals surface area contributed by atoms with E-state index in [-0.39, 0.29) is 36.1 Å². The summed E-state index contributed by atoms with van der Waals surface area (Å²) < 4.78 is 5.43. The lowest BCUT2D eigenvalue weighted by molar-refractivity contribution is 0.0511. The van der Waals surface area contributed by atoms with Crippen LogP contribution in [0.5, 0.6) is 0 Å². The molecule has 2 N–H and O–H groups in total. The summed E-state index contributed by atoms with van der Waals surface area (Å²) in [5, 5.41) is 6.48. The zero-order valence-electron chi connectivity index (χ0n) is 17.8. The molecule has 0 spiro atoms. The average Bonchev–Trinajstić information content (AvgIpc) is 2.73. The number of hydrogen-bond acceptors (Lipinski definition) is 5. The molecular weight excluding hydrogens is 423 g/mol. The van der Waals surface area contributed by atoms with Crippen molar-refractivity contribution in [2.45, 2.75) is 12.8 Å². The molecule has 0 aliphatic carbocycles. The Morgan fingerprint density at radius 1 is 1.13 bits per heavy atom. The molecule has 2 heterocycles. The molecule has 3 rings (SSSR count). The summed E-state index contributed by atoms with van der Waals surface area (Å²) in [6, 6.07) is 10.1. The molecule has 1 aliphatic rings. The van der Waals surface area contributed by atoms with Crippen LogP contribution in [-0.2, 0) is 4.74 Å². The summed E-state index contributed by atoms with van der Waals surface area (Å²) in [6.07, 6.45) is 5.41. The topological polar surface area (TPSA) is 66.5 Å². The molecule has 0 radical (unpaired) electrons. The number of pyridine rings is 1. The number of ether oxygens (including phenoxy) is 1. The van der Waals surface area contributed by atoms with E-state index in [1.54, 1.807) is 19.5 Å². The summed E-state index contributed by atoms with van der Waals surface area (Å²) in [6.45, 7) is 3.19. The molecular formula is C22H32Cl2N4O2. The number of nitrogens with one attached hydrogen (secondary N) is 2. The van der Waals surface area contributed by atoms with Crippen LogP contribution in [-0.4, -0.2) is 58.3 Å². The molecule has 6 nitrogen and oxygen atoms in total. The van der Waals surface area contributed by atoms with Crippen LogP contribution < -0.4 is 15.5 Å². The van der Waals surface area contributed by atoms with Crippen LogP contribution in [0.15, 0.2) is 42.7 Å². The fourth-order valence-electron chi connectivity index (χ4n) is 3.68. The molecule has 1 amide bonds. The van der Waals surface area contributed by atoms with Crippen molar-refractivity contribution >= 4 is 36.4 Å². The first-order chi connectivity index (χ1) is 13.5. The second-order valence-corrected chi connectivity index (χ2v) is 7.77. The first-order valence-electron chi connectivity index (χ1n) is 9.74. The van der Waals surface area contributed by atoms with Gasteiger partial charge in [-0.3, -0.25) is 9.78 Å². The summed E-state index contributed by atoms with van der Waals surface area (Å²) in [5.41, 5.74) is 3.70. The maximum atomic E-state index is 12.7. The van der Waals surface area contributed by atoms with E-state index in [9.17, 15) is 4.79 Å². The first-order valence-corrected chi connectivity index (χ1v) is 9.74. The van der Waals surface area contributed by atoms with E-state index >= 15 is 0 Å². The maximum Gasteiger partial charge on any atom is 0.252 e. The predicted molar refractivity (Wildman–Crippen MR) is 127 cm³/mol.